The van der Waals surface area contributed by atoms with Crippen LogP contribution in [-0.4, -0.2) is 65.1 Å². The number of halogens is 3. The van der Waals surface area contributed by atoms with Gasteiger partial charge < -0.3 is 14.7 Å². The van der Waals surface area contributed by atoms with Crippen LogP contribution in [0.25, 0.3) is 0 Å². The average Bonchev–Trinajstić information content (AvgIpc) is 2.87. The first kappa shape index (κ1) is 21.1. The molecule has 2 fully saturated rings. The summed E-state index contributed by atoms with van der Waals surface area (Å²) in [6, 6.07) is 4.89. The zero-order valence-electron chi connectivity index (χ0n) is 16.2. The predicted octanol–water partition coefficient (Wildman–Crippen LogP) is 2.13. The smallest absolute Gasteiger partial charge is 0.341 e. The summed E-state index contributed by atoms with van der Waals surface area (Å²) in [5.41, 5.74) is -0.373. The van der Waals surface area contributed by atoms with Crippen LogP contribution in [0.15, 0.2) is 24.3 Å². The predicted molar refractivity (Wildman–Crippen MR) is 98.4 cm³/mol. The van der Waals surface area contributed by atoms with E-state index in [4.69, 9.17) is 0 Å². The highest BCUT2D eigenvalue weighted by atomic mass is 19.4. The number of benzene rings is 1. The Kier molecular flexibility index (Phi) is 6.14. The summed E-state index contributed by atoms with van der Waals surface area (Å²) in [4.78, 5) is 41.6. The lowest BCUT2D eigenvalue weighted by Gasteiger charge is -2.24. The molecule has 2 aliphatic heterocycles. The Bertz CT molecular complexity index is 797. The molecule has 29 heavy (non-hydrogen) atoms. The molecule has 2 saturated heterocycles. The van der Waals surface area contributed by atoms with Gasteiger partial charge in [0.1, 0.15) is 0 Å². The number of alkyl halides is 3. The maximum Gasteiger partial charge on any atom is 0.416 e. The van der Waals surface area contributed by atoms with Crippen molar-refractivity contribution in [2.24, 2.45) is 5.92 Å². The molecule has 3 rings (SSSR count). The fourth-order valence-electron chi connectivity index (χ4n) is 3.87. The molecule has 158 valence electrons. The third kappa shape index (κ3) is 5.07. The first-order chi connectivity index (χ1) is 13.6. The van der Waals surface area contributed by atoms with Crippen LogP contribution in [0.2, 0.25) is 0 Å². The van der Waals surface area contributed by atoms with Gasteiger partial charge in [0.05, 0.1) is 11.5 Å². The zero-order valence-corrected chi connectivity index (χ0v) is 16.2. The minimum absolute atomic E-state index is 0.0254. The van der Waals surface area contributed by atoms with Gasteiger partial charge in [-0.2, -0.15) is 13.2 Å². The molecule has 9 heteroatoms. The van der Waals surface area contributed by atoms with E-state index >= 15 is 0 Å². The van der Waals surface area contributed by atoms with Gasteiger partial charge in [0, 0.05) is 52.6 Å². The summed E-state index contributed by atoms with van der Waals surface area (Å²) in [7, 11) is 0. The molecule has 6 nitrogen and oxygen atoms in total. The van der Waals surface area contributed by atoms with Crippen molar-refractivity contribution in [3.05, 3.63) is 35.4 Å². The summed E-state index contributed by atoms with van der Waals surface area (Å²) >= 11 is 0. The molecule has 0 unspecified atom stereocenters. The Morgan fingerprint density at radius 3 is 2.48 bits per heavy atom. The zero-order chi connectivity index (χ0) is 21.2. The van der Waals surface area contributed by atoms with Crippen molar-refractivity contribution < 1.29 is 27.6 Å². The fraction of sp³-hybridized carbons (Fsp3) is 0.550. The fourth-order valence-corrected chi connectivity index (χ4v) is 3.87. The van der Waals surface area contributed by atoms with Crippen molar-refractivity contribution >= 4 is 17.7 Å². The monoisotopic (exact) mass is 411 g/mol. The lowest BCUT2D eigenvalue weighted by Crippen LogP contribution is -2.40. The van der Waals surface area contributed by atoms with Crippen LogP contribution in [0, 0.1) is 5.92 Å². The maximum atomic E-state index is 12.9. The number of amides is 3. The van der Waals surface area contributed by atoms with Crippen molar-refractivity contribution in [1.29, 1.82) is 0 Å². The van der Waals surface area contributed by atoms with Crippen molar-refractivity contribution in [3.8, 4) is 0 Å². The molecule has 2 aliphatic rings. The van der Waals surface area contributed by atoms with Crippen LogP contribution < -0.4 is 0 Å². The Labute approximate surface area is 167 Å². The van der Waals surface area contributed by atoms with Gasteiger partial charge in [-0.05, 0) is 24.1 Å². The summed E-state index contributed by atoms with van der Waals surface area (Å²) in [5, 5.41) is 0. The highest BCUT2D eigenvalue weighted by Gasteiger charge is 2.37. The van der Waals surface area contributed by atoms with Crippen molar-refractivity contribution in [3.63, 3.8) is 0 Å². The molecular weight excluding hydrogens is 387 g/mol. The highest BCUT2D eigenvalue weighted by molar-refractivity contribution is 5.89. The number of rotatable bonds is 3. The molecular formula is C20H24F3N3O3. The summed E-state index contributed by atoms with van der Waals surface area (Å²) < 4.78 is 38.7. The lowest BCUT2D eigenvalue weighted by atomic mass is 10.1. The second-order valence-electron chi connectivity index (χ2n) is 7.56. The number of hydrogen-bond acceptors (Lipinski definition) is 3. The molecule has 0 bridgehead atoms. The van der Waals surface area contributed by atoms with Crippen LogP contribution in [0.5, 0.6) is 0 Å². The van der Waals surface area contributed by atoms with Crippen molar-refractivity contribution in [2.45, 2.75) is 32.5 Å². The van der Waals surface area contributed by atoms with Gasteiger partial charge in [0.15, 0.2) is 0 Å². The third-order valence-electron chi connectivity index (χ3n) is 5.44. The van der Waals surface area contributed by atoms with E-state index in [1.54, 1.807) is 15.9 Å². The van der Waals surface area contributed by atoms with Gasteiger partial charge in [-0.3, -0.25) is 14.4 Å². The number of hydrogen-bond donors (Lipinski definition) is 0. The maximum absolute atomic E-state index is 12.9. The largest absolute Gasteiger partial charge is 0.416 e. The minimum Gasteiger partial charge on any atom is -0.341 e. The molecule has 2 heterocycles. The summed E-state index contributed by atoms with van der Waals surface area (Å²) in [6.07, 6.45) is -3.70. The van der Waals surface area contributed by atoms with Gasteiger partial charge >= 0.3 is 6.18 Å². The number of carbonyl (C=O) groups is 3. The summed E-state index contributed by atoms with van der Waals surface area (Å²) in [5.74, 6) is -0.893. The van der Waals surface area contributed by atoms with Gasteiger partial charge in [0.2, 0.25) is 17.7 Å². The highest BCUT2D eigenvalue weighted by Crippen LogP contribution is 2.30. The van der Waals surface area contributed by atoms with E-state index in [1.165, 1.54) is 17.9 Å². The van der Waals surface area contributed by atoms with Crippen molar-refractivity contribution in [2.75, 3.05) is 32.7 Å². The average molecular weight is 411 g/mol. The van der Waals surface area contributed by atoms with Gasteiger partial charge in [0.25, 0.3) is 0 Å². The van der Waals surface area contributed by atoms with Gasteiger partial charge in [-0.25, -0.2) is 0 Å². The minimum atomic E-state index is -4.44. The molecule has 0 spiro atoms. The lowest BCUT2D eigenvalue weighted by molar-refractivity contribution is -0.137. The third-order valence-corrected chi connectivity index (χ3v) is 5.44. The van der Waals surface area contributed by atoms with E-state index in [9.17, 15) is 27.6 Å². The standard InChI is InChI=1S/C20H24F3N3O3/c1-14(27)24-6-3-7-25(9-8-24)19(29)16-11-18(28)26(13-16)12-15-4-2-5-17(10-15)20(21,22)23/h2,4-5,10,16H,3,6-9,11-13H2,1H3/t16-/m0/s1. The molecule has 0 saturated carbocycles. The Balaban J connectivity index is 1.61. The Morgan fingerprint density at radius 1 is 1.10 bits per heavy atom. The molecule has 0 aliphatic carbocycles. The van der Waals surface area contributed by atoms with E-state index in [1.807, 2.05) is 0 Å². The molecule has 0 radical (unpaired) electrons. The van der Waals surface area contributed by atoms with Crippen LogP contribution in [0.3, 0.4) is 0 Å². The molecule has 1 aromatic carbocycles. The topological polar surface area (TPSA) is 60.9 Å². The van der Waals surface area contributed by atoms with Crippen molar-refractivity contribution in [1.82, 2.24) is 14.7 Å². The Hall–Kier alpha value is -2.58. The van der Waals surface area contributed by atoms with E-state index in [0.717, 1.165) is 12.1 Å². The SMILES string of the molecule is CC(=O)N1CCCN(C(=O)[C@H]2CC(=O)N(Cc3cccc(C(F)(F)F)c3)C2)CC1. The molecule has 3 amide bonds. The quantitative estimate of drug-likeness (QED) is 0.766. The molecule has 1 aromatic rings. The van der Waals surface area contributed by atoms with Crippen LogP contribution in [0.1, 0.15) is 30.9 Å². The Morgan fingerprint density at radius 2 is 1.79 bits per heavy atom. The normalized spacial score (nSPS) is 20.8. The van der Waals surface area contributed by atoms with Gasteiger partial charge in [-0.15, -0.1) is 0 Å². The van der Waals surface area contributed by atoms with Crippen LogP contribution in [0.4, 0.5) is 13.2 Å². The number of carbonyl (C=O) groups excluding carboxylic acids is 3. The van der Waals surface area contributed by atoms with Gasteiger partial charge in [-0.1, -0.05) is 12.1 Å². The molecule has 0 aromatic heterocycles. The van der Waals surface area contributed by atoms with E-state index in [2.05, 4.69) is 0 Å². The van der Waals surface area contributed by atoms with E-state index < -0.39 is 17.7 Å². The summed E-state index contributed by atoms with van der Waals surface area (Å²) in [6.45, 7) is 3.77. The molecule has 0 N–H and O–H groups in total. The van der Waals surface area contributed by atoms with E-state index in [0.29, 0.717) is 38.2 Å². The number of likely N-dealkylation sites (tertiary alicyclic amines) is 1. The molecule has 1 atom stereocenters. The van der Waals surface area contributed by atoms with Crippen LogP contribution >= 0.6 is 0 Å². The van der Waals surface area contributed by atoms with E-state index in [-0.39, 0.29) is 37.2 Å². The first-order valence-corrected chi connectivity index (χ1v) is 9.63. The van der Waals surface area contributed by atoms with Crippen LogP contribution in [-0.2, 0) is 27.1 Å². The first-order valence-electron chi connectivity index (χ1n) is 9.63. The second kappa shape index (κ2) is 8.42. The second-order valence-corrected chi connectivity index (χ2v) is 7.56. The number of nitrogens with zero attached hydrogens (tertiary/aromatic N) is 3.